The van der Waals surface area contributed by atoms with Crippen molar-refractivity contribution in [2.45, 2.75) is 51.7 Å². The summed E-state index contributed by atoms with van der Waals surface area (Å²) in [6.07, 6.45) is 12.2. The van der Waals surface area contributed by atoms with Crippen molar-refractivity contribution in [3.8, 4) is 0 Å². The van der Waals surface area contributed by atoms with Crippen LogP contribution in [0.25, 0.3) is 0 Å². The summed E-state index contributed by atoms with van der Waals surface area (Å²) >= 11 is 0. The van der Waals surface area contributed by atoms with Gasteiger partial charge < -0.3 is 4.55 Å². The maximum atomic E-state index is 10.1. The molecular formula is C13H27FO3S2Si. The smallest absolute Gasteiger partial charge is 0.255 e. The van der Waals surface area contributed by atoms with Crippen LogP contribution < -0.4 is 0 Å². The summed E-state index contributed by atoms with van der Waals surface area (Å²) in [5.74, 6) is 1.36. The van der Waals surface area contributed by atoms with Crippen LogP contribution in [0.1, 0.15) is 32.1 Å². The molecule has 0 aromatic heterocycles. The quantitative estimate of drug-likeness (QED) is 0.259. The van der Waals surface area contributed by atoms with Crippen molar-refractivity contribution in [2.75, 3.05) is 17.4 Å². The zero-order chi connectivity index (χ0) is 15.8. The highest BCUT2D eigenvalue weighted by molar-refractivity contribution is 7.97. The first-order valence-corrected chi connectivity index (χ1v) is 13.9. The Kier molecular flexibility index (Phi) is 9.29. The summed E-state index contributed by atoms with van der Waals surface area (Å²) in [5, 5.41) is 1.51. The molecule has 0 spiro atoms. The first-order valence-electron chi connectivity index (χ1n) is 6.90. The van der Waals surface area contributed by atoms with E-state index in [1.54, 1.807) is 5.57 Å². The Bertz CT molecular complexity index is 386. The second-order valence-corrected chi connectivity index (χ2v) is 15.4. The fourth-order valence-electron chi connectivity index (χ4n) is 2.27. The van der Waals surface area contributed by atoms with Crippen molar-refractivity contribution >= 4 is 29.5 Å². The van der Waals surface area contributed by atoms with Gasteiger partial charge in [-0.3, -0.25) is 0 Å². The molecule has 0 aromatic rings. The molecular weight excluding hydrogens is 315 g/mol. The molecule has 1 aliphatic carbocycles. The zero-order valence-electron chi connectivity index (χ0n) is 12.9. The molecule has 7 heteroatoms. The van der Waals surface area contributed by atoms with Crippen molar-refractivity contribution < 1.29 is 16.9 Å². The molecule has 0 saturated heterocycles. The van der Waals surface area contributed by atoms with Crippen LogP contribution in [0.5, 0.6) is 0 Å². The topological polar surface area (TPSA) is 57.2 Å². The lowest BCUT2D eigenvalue weighted by Crippen LogP contribution is -2.32. The zero-order valence-corrected chi connectivity index (χ0v) is 15.6. The lowest BCUT2D eigenvalue weighted by atomic mass is 9.95. The second-order valence-electron chi connectivity index (χ2n) is 6.47. The minimum Gasteiger partial charge on any atom is -0.722 e. The predicted octanol–water partition coefficient (Wildman–Crippen LogP) is 3.42. The molecule has 120 valence electrons. The van der Waals surface area contributed by atoms with E-state index in [-0.39, 0.29) is 0 Å². The van der Waals surface area contributed by atoms with Gasteiger partial charge >= 0.3 is 0 Å². The third-order valence-corrected chi connectivity index (χ3v) is 9.00. The van der Waals surface area contributed by atoms with E-state index in [0.717, 1.165) is 0 Å². The van der Waals surface area contributed by atoms with Crippen LogP contribution in [0.4, 0.5) is 3.89 Å². The molecule has 1 unspecified atom stereocenters. The van der Waals surface area contributed by atoms with E-state index in [4.69, 9.17) is 13.0 Å². The highest BCUT2D eigenvalue weighted by atomic mass is 32.3. The molecule has 1 fully saturated rings. The fraction of sp³-hybridized carbons (Fsp3) is 0.846. The Balaban J connectivity index is 0.000000621. The van der Waals surface area contributed by atoms with Crippen LogP contribution >= 0.6 is 0 Å². The molecule has 20 heavy (non-hydrogen) atoms. The Hall–Kier alpha value is 0.147. The van der Waals surface area contributed by atoms with Crippen molar-refractivity contribution in [3.05, 3.63) is 11.6 Å². The third kappa shape index (κ3) is 16.2. The van der Waals surface area contributed by atoms with Crippen LogP contribution in [0, 0.1) is 0 Å². The van der Waals surface area contributed by atoms with E-state index < -0.39 is 18.6 Å². The van der Waals surface area contributed by atoms with Gasteiger partial charge in [-0.15, -0.1) is 3.89 Å². The van der Waals surface area contributed by atoms with Crippen LogP contribution in [0.15, 0.2) is 11.6 Å². The summed E-state index contributed by atoms with van der Waals surface area (Å²) in [6, 6.07) is 0. The summed E-state index contributed by atoms with van der Waals surface area (Å²) < 4.78 is 35.3. The monoisotopic (exact) mass is 342 g/mol. The average Bonchev–Trinajstić information content (AvgIpc) is 2.23. The second kappa shape index (κ2) is 9.22. The van der Waals surface area contributed by atoms with Gasteiger partial charge in [0.1, 0.15) is 13.8 Å². The summed E-state index contributed by atoms with van der Waals surface area (Å²) in [6.45, 7) is 7.47. The van der Waals surface area contributed by atoms with Crippen LogP contribution in [-0.2, 0) is 21.4 Å². The molecule has 1 atom stereocenters. The number of allylic oxidation sites excluding steroid dienone is 1. The summed E-state index contributed by atoms with van der Waals surface area (Å²) in [7, 11) is -5.60. The summed E-state index contributed by atoms with van der Waals surface area (Å²) in [4.78, 5) is 0. The van der Waals surface area contributed by atoms with Crippen molar-refractivity contribution in [3.63, 3.8) is 0 Å². The largest absolute Gasteiger partial charge is 0.722 e. The molecule has 0 N–H and O–H groups in total. The lowest BCUT2D eigenvalue weighted by Gasteiger charge is -2.15. The number of halogens is 1. The summed E-state index contributed by atoms with van der Waals surface area (Å²) in [5.41, 5.74) is 1.76. The van der Waals surface area contributed by atoms with Crippen LogP contribution in [0.3, 0.4) is 0 Å². The molecule has 1 saturated carbocycles. The lowest BCUT2D eigenvalue weighted by molar-refractivity contribution is 0.417. The van der Waals surface area contributed by atoms with Crippen LogP contribution in [-0.4, -0.2) is 38.4 Å². The SMILES string of the molecule is C[S+](CC=C1CCCCC1)C[Si](C)(C)C.O=S(=O)([O-])F. The number of hydrogen-bond acceptors (Lipinski definition) is 3. The molecule has 3 nitrogen and oxygen atoms in total. The molecule has 0 aromatic carbocycles. The first-order chi connectivity index (χ1) is 8.97. The van der Waals surface area contributed by atoms with E-state index in [1.807, 2.05) is 0 Å². The maximum Gasteiger partial charge on any atom is 0.255 e. The van der Waals surface area contributed by atoms with Gasteiger partial charge in [-0.05, 0) is 42.7 Å². The van der Waals surface area contributed by atoms with E-state index >= 15 is 0 Å². The van der Waals surface area contributed by atoms with E-state index in [0.29, 0.717) is 10.9 Å². The van der Waals surface area contributed by atoms with Crippen molar-refractivity contribution in [1.29, 1.82) is 0 Å². The van der Waals surface area contributed by atoms with E-state index in [2.05, 4.69) is 32.0 Å². The molecule has 0 heterocycles. The van der Waals surface area contributed by atoms with Gasteiger partial charge in [0.2, 0.25) is 0 Å². The third-order valence-electron chi connectivity index (χ3n) is 2.83. The standard InChI is InChI=1S/C13H27SSi.FHO3S/c1-14(12-15(2,3)4)11-10-13-8-6-5-7-9-13;1-5(2,3)4/h10H,5-9,11-12H2,1-4H3;(H,2,3,4)/q+1;/p-1. The molecule has 0 radical (unpaired) electrons. The highest BCUT2D eigenvalue weighted by Crippen LogP contribution is 2.22. The first kappa shape index (κ1) is 20.1. The van der Waals surface area contributed by atoms with Crippen molar-refractivity contribution in [1.82, 2.24) is 0 Å². The highest BCUT2D eigenvalue weighted by Gasteiger charge is 2.23. The van der Waals surface area contributed by atoms with Gasteiger partial charge in [0.05, 0.1) is 11.6 Å². The molecule has 1 rings (SSSR count). The van der Waals surface area contributed by atoms with Gasteiger partial charge in [0.15, 0.2) is 0 Å². The Morgan fingerprint density at radius 2 is 1.70 bits per heavy atom. The predicted molar refractivity (Wildman–Crippen MR) is 88.3 cm³/mol. The Morgan fingerprint density at radius 3 is 2.10 bits per heavy atom. The maximum absolute atomic E-state index is 10.1. The molecule has 1 aliphatic rings. The Labute approximate surface area is 127 Å². The fourth-order valence-corrected chi connectivity index (χ4v) is 9.17. The molecule has 0 amide bonds. The Morgan fingerprint density at radius 1 is 1.25 bits per heavy atom. The van der Waals surface area contributed by atoms with Crippen LogP contribution in [0.2, 0.25) is 19.6 Å². The number of rotatable bonds is 4. The van der Waals surface area contributed by atoms with Gasteiger partial charge in [-0.25, -0.2) is 8.42 Å². The van der Waals surface area contributed by atoms with E-state index in [9.17, 15) is 3.89 Å². The van der Waals surface area contributed by atoms with Gasteiger partial charge in [-0.2, -0.15) is 0 Å². The minimum absolute atomic E-state index is 0.644. The molecule has 0 bridgehead atoms. The van der Waals surface area contributed by atoms with Crippen molar-refractivity contribution in [2.24, 2.45) is 0 Å². The normalized spacial score (nSPS) is 18.0. The van der Waals surface area contributed by atoms with Gasteiger partial charge in [0.25, 0.3) is 10.5 Å². The minimum atomic E-state index is -5.42. The number of hydrogen-bond donors (Lipinski definition) is 0. The van der Waals surface area contributed by atoms with Gasteiger partial charge in [-0.1, -0.05) is 31.6 Å². The average molecular weight is 343 g/mol. The van der Waals surface area contributed by atoms with E-state index in [1.165, 1.54) is 43.2 Å². The molecule has 0 aliphatic heterocycles. The van der Waals surface area contributed by atoms with Gasteiger partial charge in [0, 0.05) is 0 Å².